The summed E-state index contributed by atoms with van der Waals surface area (Å²) in [6, 6.07) is 25.2. The van der Waals surface area contributed by atoms with Crippen LogP contribution in [-0.4, -0.2) is 36.5 Å². The molecule has 2 amide bonds. The van der Waals surface area contributed by atoms with Crippen LogP contribution in [0.25, 0.3) is 32.7 Å². The number of ether oxygens (including phenoxy) is 2. The Labute approximate surface area is 279 Å². The molecule has 4 N–H and O–H groups in total. The highest BCUT2D eigenvalue weighted by atomic mass is 32.3. The van der Waals surface area contributed by atoms with Crippen molar-refractivity contribution in [3.63, 3.8) is 0 Å². The lowest BCUT2D eigenvalue weighted by Crippen LogP contribution is -2.18. The Bertz CT molecular complexity index is 1820. The zero-order valence-electron chi connectivity index (χ0n) is 23.0. The zero-order chi connectivity index (χ0) is 30.2. The summed E-state index contributed by atoms with van der Waals surface area (Å²) in [6.07, 6.45) is 0. The minimum atomic E-state index is -0.641. The number of primary amides is 2. The highest BCUT2D eigenvalue weighted by Gasteiger charge is 2.34. The standard InChI is InChI=1S/C32H24N2O4S6/c33-27(35)25-26(28(34)36)42-31(41-25)32-43-29-30(44-32)40-16-14-38-22-12-10-18-6-2-4-8-20(18)24(22)23-19-7-3-1-5-17(19)9-11-21(23)37-13-15-39-29/h1-12H,13-16H2,(H2,33,35)(H2,34,36). The maximum atomic E-state index is 12.0. The molecule has 7 rings (SSSR count). The smallest absolute Gasteiger partial charge is 0.256 e. The summed E-state index contributed by atoms with van der Waals surface area (Å²) in [5.74, 6) is 1.86. The Morgan fingerprint density at radius 3 is 1.43 bits per heavy atom. The monoisotopic (exact) mass is 692 g/mol. The van der Waals surface area contributed by atoms with Crippen LogP contribution >= 0.6 is 70.6 Å². The third-order valence-corrected chi connectivity index (χ3v) is 15.5. The molecule has 0 aliphatic carbocycles. The van der Waals surface area contributed by atoms with Gasteiger partial charge in [0, 0.05) is 22.6 Å². The molecule has 0 aromatic heterocycles. The van der Waals surface area contributed by atoms with E-state index in [1.54, 1.807) is 47.0 Å². The Morgan fingerprint density at radius 2 is 0.977 bits per heavy atom. The fourth-order valence-corrected chi connectivity index (χ4v) is 13.4. The average Bonchev–Trinajstić information content (AvgIpc) is 3.66. The molecule has 0 unspecified atom stereocenters. The summed E-state index contributed by atoms with van der Waals surface area (Å²) in [7, 11) is 0. The lowest BCUT2D eigenvalue weighted by molar-refractivity contribution is -0.116. The Balaban J connectivity index is 1.23. The van der Waals surface area contributed by atoms with Gasteiger partial charge in [0.25, 0.3) is 11.8 Å². The summed E-state index contributed by atoms with van der Waals surface area (Å²) < 4.78 is 17.3. The van der Waals surface area contributed by atoms with E-state index >= 15 is 0 Å². The molecule has 222 valence electrons. The van der Waals surface area contributed by atoms with Crippen LogP contribution < -0.4 is 20.9 Å². The number of hydrogen-bond acceptors (Lipinski definition) is 10. The maximum Gasteiger partial charge on any atom is 0.256 e. The van der Waals surface area contributed by atoms with E-state index in [0.717, 1.165) is 64.2 Å². The van der Waals surface area contributed by atoms with Crippen molar-refractivity contribution in [2.75, 3.05) is 24.7 Å². The number of thioether (sulfide) groups is 6. The number of carbonyl (C=O) groups excluding carboxylic acids is 2. The summed E-state index contributed by atoms with van der Waals surface area (Å²) in [5.41, 5.74) is 13.2. The second-order valence-corrected chi connectivity index (χ2v) is 17.0. The van der Waals surface area contributed by atoms with Crippen LogP contribution in [0.5, 0.6) is 11.5 Å². The van der Waals surface area contributed by atoms with Gasteiger partial charge in [-0.1, -0.05) is 108 Å². The van der Waals surface area contributed by atoms with Gasteiger partial charge < -0.3 is 20.9 Å². The lowest BCUT2D eigenvalue weighted by atomic mass is 9.92. The largest absolute Gasteiger partial charge is 0.492 e. The third-order valence-electron chi connectivity index (χ3n) is 6.93. The maximum absolute atomic E-state index is 12.0. The second-order valence-electron chi connectivity index (χ2n) is 9.66. The van der Waals surface area contributed by atoms with Gasteiger partial charge in [-0.2, -0.15) is 0 Å². The summed E-state index contributed by atoms with van der Waals surface area (Å²) in [6.45, 7) is 1.02. The van der Waals surface area contributed by atoms with E-state index in [1.165, 1.54) is 32.0 Å². The summed E-state index contributed by atoms with van der Waals surface area (Å²) in [5, 5.41) is 4.53. The van der Waals surface area contributed by atoms with Crippen molar-refractivity contribution in [1.29, 1.82) is 0 Å². The van der Waals surface area contributed by atoms with E-state index in [4.69, 9.17) is 20.9 Å². The Morgan fingerprint density at radius 1 is 0.545 bits per heavy atom. The van der Waals surface area contributed by atoms with Gasteiger partial charge in [0.1, 0.15) is 11.5 Å². The van der Waals surface area contributed by atoms with Crippen LogP contribution in [0.15, 0.2) is 99.6 Å². The van der Waals surface area contributed by atoms with E-state index in [2.05, 4.69) is 72.8 Å². The van der Waals surface area contributed by atoms with Crippen molar-refractivity contribution in [2.45, 2.75) is 0 Å². The first-order valence-electron chi connectivity index (χ1n) is 13.6. The van der Waals surface area contributed by atoms with Crippen LogP contribution in [0.4, 0.5) is 0 Å². The molecule has 0 radical (unpaired) electrons. The molecule has 4 aromatic rings. The molecule has 3 heterocycles. The van der Waals surface area contributed by atoms with Crippen LogP contribution in [0.3, 0.4) is 0 Å². The molecule has 0 bridgehead atoms. The molecule has 0 atom stereocenters. The predicted molar refractivity (Wildman–Crippen MR) is 193 cm³/mol. The predicted octanol–water partition coefficient (Wildman–Crippen LogP) is 8.29. The highest BCUT2D eigenvalue weighted by Crippen LogP contribution is 2.63. The van der Waals surface area contributed by atoms with Gasteiger partial charge >= 0.3 is 0 Å². The van der Waals surface area contributed by atoms with Crippen molar-refractivity contribution < 1.29 is 19.1 Å². The van der Waals surface area contributed by atoms with Crippen molar-refractivity contribution in [3.8, 4) is 22.6 Å². The van der Waals surface area contributed by atoms with E-state index in [-0.39, 0.29) is 9.81 Å². The van der Waals surface area contributed by atoms with E-state index < -0.39 is 11.8 Å². The molecular weight excluding hydrogens is 669 g/mol. The van der Waals surface area contributed by atoms with Gasteiger partial charge in [0.05, 0.1) is 40.0 Å². The molecule has 3 aliphatic heterocycles. The van der Waals surface area contributed by atoms with Gasteiger partial charge in [-0.25, -0.2) is 0 Å². The molecule has 6 nitrogen and oxygen atoms in total. The van der Waals surface area contributed by atoms with E-state index in [9.17, 15) is 9.59 Å². The fourth-order valence-electron chi connectivity index (χ4n) is 5.07. The molecule has 3 aliphatic rings. The van der Waals surface area contributed by atoms with Gasteiger partial charge in [0.15, 0.2) is 0 Å². The number of amides is 2. The number of rotatable bonds is 2. The molecule has 12 heteroatoms. The number of carbonyl (C=O) groups is 2. The van der Waals surface area contributed by atoms with Crippen molar-refractivity contribution in [2.24, 2.45) is 11.5 Å². The third kappa shape index (κ3) is 5.83. The van der Waals surface area contributed by atoms with Gasteiger partial charge in [0.2, 0.25) is 0 Å². The molecule has 0 saturated carbocycles. The highest BCUT2D eigenvalue weighted by molar-refractivity contribution is 8.42. The van der Waals surface area contributed by atoms with Crippen LogP contribution in [0.1, 0.15) is 0 Å². The molecular formula is C32H24N2O4S6. The minimum absolute atomic E-state index is 0.207. The molecule has 0 spiro atoms. The zero-order valence-corrected chi connectivity index (χ0v) is 27.9. The molecule has 4 aromatic carbocycles. The first-order chi connectivity index (χ1) is 21.5. The Hall–Kier alpha value is -2.74. The molecule has 0 saturated heterocycles. The number of hydrogen-bond donors (Lipinski definition) is 2. The average molecular weight is 693 g/mol. The number of benzene rings is 4. The normalized spacial score (nSPS) is 17.5. The SMILES string of the molecule is NC(=O)C1=C(C(N)=O)SC(=C2SC3=C(SCCOc4ccc5ccccc5c4-c4c(ccc5ccccc45)OCCS3)S2)S1. The van der Waals surface area contributed by atoms with E-state index in [0.29, 0.717) is 13.2 Å². The first-order valence-corrected chi connectivity index (χ1v) is 18.8. The summed E-state index contributed by atoms with van der Waals surface area (Å²) in [4.78, 5) is 24.4. The van der Waals surface area contributed by atoms with Crippen molar-refractivity contribution >= 4 is 104 Å². The van der Waals surface area contributed by atoms with Gasteiger partial charge in [-0.3, -0.25) is 9.59 Å². The lowest BCUT2D eigenvalue weighted by Gasteiger charge is -2.20. The summed E-state index contributed by atoms with van der Waals surface area (Å²) >= 11 is 9.25. The second kappa shape index (κ2) is 12.9. The minimum Gasteiger partial charge on any atom is -0.492 e. The molecule has 0 fully saturated rings. The topological polar surface area (TPSA) is 105 Å². The first kappa shape index (κ1) is 29.9. The Kier molecular flexibility index (Phi) is 8.80. The van der Waals surface area contributed by atoms with Crippen molar-refractivity contribution in [1.82, 2.24) is 0 Å². The van der Waals surface area contributed by atoms with Crippen LogP contribution in [-0.2, 0) is 9.59 Å². The van der Waals surface area contributed by atoms with E-state index in [1.807, 2.05) is 0 Å². The van der Waals surface area contributed by atoms with Gasteiger partial charge in [-0.05, 0) is 33.7 Å². The van der Waals surface area contributed by atoms with Crippen molar-refractivity contribution in [3.05, 3.63) is 99.6 Å². The van der Waals surface area contributed by atoms with Crippen LogP contribution in [0, 0.1) is 0 Å². The number of fused-ring (bicyclic) bond motifs is 7. The van der Waals surface area contributed by atoms with Crippen LogP contribution in [0.2, 0.25) is 0 Å². The fraction of sp³-hybridized carbons (Fsp3) is 0.125. The molecule has 44 heavy (non-hydrogen) atoms. The van der Waals surface area contributed by atoms with Gasteiger partial charge in [-0.15, -0.1) is 23.5 Å². The quantitative estimate of drug-likeness (QED) is 0.213. The number of nitrogens with two attached hydrogens (primary N) is 2.